The van der Waals surface area contributed by atoms with Gasteiger partial charge in [-0.2, -0.15) is 0 Å². The second-order valence-corrected chi connectivity index (χ2v) is 7.81. The van der Waals surface area contributed by atoms with E-state index in [1.54, 1.807) is 21.3 Å². The number of hydrogen-bond acceptors (Lipinski definition) is 4. The summed E-state index contributed by atoms with van der Waals surface area (Å²) in [6.07, 6.45) is 3.63. The number of methoxy groups -OCH3 is 3. The number of hydrogen-bond donors (Lipinski definition) is 0. The predicted octanol–water partition coefficient (Wildman–Crippen LogP) is 4.40. The number of nitrogens with zero attached hydrogens (tertiary/aromatic N) is 1. The van der Waals surface area contributed by atoms with Gasteiger partial charge in [0.2, 0.25) is 0 Å². The first kappa shape index (κ1) is 18.2. The summed E-state index contributed by atoms with van der Waals surface area (Å²) in [4.78, 5) is 2.65. The van der Waals surface area contributed by atoms with Crippen LogP contribution >= 0.6 is 0 Å². The van der Waals surface area contributed by atoms with Crippen molar-refractivity contribution in [3.8, 4) is 17.2 Å². The Morgan fingerprint density at radius 1 is 0.963 bits per heavy atom. The van der Waals surface area contributed by atoms with E-state index >= 15 is 0 Å². The topological polar surface area (TPSA) is 30.9 Å². The Kier molecular flexibility index (Phi) is 4.77. The largest absolute Gasteiger partial charge is 0.497 e. The molecule has 1 unspecified atom stereocenters. The van der Waals surface area contributed by atoms with Gasteiger partial charge in [0.1, 0.15) is 5.75 Å². The van der Waals surface area contributed by atoms with Crippen molar-refractivity contribution in [2.75, 3.05) is 27.9 Å². The molecule has 1 aliphatic carbocycles. The number of fused-ring (bicyclic) bond motifs is 1. The van der Waals surface area contributed by atoms with Gasteiger partial charge in [0, 0.05) is 18.6 Å². The summed E-state index contributed by atoms with van der Waals surface area (Å²) in [6.45, 7) is 4.42. The van der Waals surface area contributed by atoms with E-state index in [0.29, 0.717) is 5.92 Å². The Balaban J connectivity index is 1.70. The van der Waals surface area contributed by atoms with Crippen molar-refractivity contribution in [1.82, 2.24) is 4.90 Å². The fourth-order valence-electron chi connectivity index (χ4n) is 4.58. The molecular formula is C23H29NO3. The van der Waals surface area contributed by atoms with Crippen molar-refractivity contribution in [2.45, 2.75) is 38.3 Å². The molecule has 1 heterocycles. The fourth-order valence-corrected chi connectivity index (χ4v) is 4.58. The van der Waals surface area contributed by atoms with Crippen LogP contribution in [0.4, 0.5) is 0 Å². The zero-order valence-electron chi connectivity index (χ0n) is 16.7. The lowest BCUT2D eigenvalue weighted by atomic mass is 9.78. The van der Waals surface area contributed by atoms with E-state index in [2.05, 4.69) is 48.2 Å². The van der Waals surface area contributed by atoms with Crippen LogP contribution in [0.3, 0.4) is 0 Å². The van der Waals surface area contributed by atoms with Crippen LogP contribution in [0.1, 0.15) is 36.5 Å². The molecule has 0 amide bonds. The molecule has 2 aromatic carbocycles. The Morgan fingerprint density at radius 2 is 1.63 bits per heavy atom. The molecule has 4 nitrogen and oxygen atoms in total. The van der Waals surface area contributed by atoms with Gasteiger partial charge in [-0.3, -0.25) is 4.90 Å². The molecule has 0 bridgehead atoms. The third-order valence-corrected chi connectivity index (χ3v) is 6.37. The van der Waals surface area contributed by atoms with E-state index in [9.17, 15) is 0 Å². The molecule has 0 saturated heterocycles. The van der Waals surface area contributed by atoms with E-state index in [-0.39, 0.29) is 5.54 Å². The third kappa shape index (κ3) is 3.16. The van der Waals surface area contributed by atoms with Crippen molar-refractivity contribution in [1.29, 1.82) is 0 Å². The third-order valence-electron chi connectivity index (χ3n) is 6.37. The number of benzene rings is 2. The molecule has 4 heteroatoms. The fraction of sp³-hybridized carbons (Fsp3) is 0.478. The second-order valence-electron chi connectivity index (χ2n) is 7.81. The van der Waals surface area contributed by atoms with Crippen LogP contribution < -0.4 is 14.2 Å². The van der Waals surface area contributed by atoms with Crippen LogP contribution in [0.5, 0.6) is 17.2 Å². The monoisotopic (exact) mass is 367 g/mol. The lowest BCUT2D eigenvalue weighted by Gasteiger charge is -2.47. The van der Waals surface area contributed by atoms with E-state index in [1.165, 1.54) is 29.5 Å². The van der Waals surface area contributed by atoms with Gasteiger partial charge in [-0.05, 0) is 73.1 Å². The Bertz CT molecular complexity index is 813. The molecule has 0 radical (unpaired) electrons. The van der Waals surface area contributed by atoms with Crippen molar-refractivity contribution in [3.05, 3.63) is 53.1 Å². The predicted molar refractivity (Wildman–Crippen MR) is 107 cm³/mol. The lowest BCUT2D eigenvalue weighted by Crippen LogP contribution is -2.49. The SMILES string of the molecule is COc1ccc(CN2CCc3cc(OC)c(OC)cc3C2(C)C2CC2)cc1. The molecule has 1 aliphatic heterocycles. The van der Waals surface area contributed by atoms with Crippen molar-refractivity contribution in [2.24, 2.45) is 5.92 Å². The van der Waals surface area contributed by atoms with Gasteiger partial charge in [-0.15, -0.1) is 0 Å². The molecule has 1 fully saturated rings. The van der Waals surface area contributed by atoms with Crippen molar-refractivity contribution >= 4 is 0 Å². The maximum Gasteiger partial charge on any atom is 0.161 e. The summed E-state index contributed by atoms with van der Waals surface area (Å²) in [5.41, 5.74) is 4.16. The second kappa shape index (κ2) is 7.08. The molecule has 0 aromatic heterocycles. The maximum absolute atomic E-state index is 5.62. The van der Waals surface area contributed by atoms with Gasteiger partial charge in [0.15, 0.2) is 11.5 Å². The molecule has 27 heavy (non-hydrogen) atoms. The summed E-state index contributed by atoms with van der Waals surface area (Å²) in [6, 6.07) is 12.9. The Labute approximate surface area is 162 Å². The standard InChI is InChI=1S/C23H29NO3/c1-23(18-7-8-18)20-14-22(27-4)21(26-3)13-17(20)11-12-24(23)15-16-5-9-19(25-2)10-6-16/h5-6,9-10,13-14,18H,7-8,11-12,15H2,1-4H3. The minimum absolute atomic E-state index is 0.0348. The molecular weight excluding hydrogens is 338 g/mol. The Morgan fingerprint density at radius 3 is 2.22 bits per heavy atom. The number of rotatable bonds is 6. The quantitative estimate of drug-likeness (QED) is 0.757. The first-order chi connectivity index (χ1) is 13.1. The van der Waals surface area contributed by atoms with Gasteiger partial charge in [-0.1, -0.05) is 12.1 Å². The minimum Gasteiger partial charge on any atom is -0.497 e. The van der Waals surface area contributed by atoms with E-state index in [4.69, 9.17) is 14.2 Å². The van der Waals surface area contributed by atoms with Crippen molar-refractivity contribution in [3.63, 3.8) is 0 Å². The Hall–Kier alpha value is -2.20. The van der Waals surface area contributed by atoms with Crippen LogP contribution in [0.2, 0.25) is 0 Å². The van der Waals surface area contributed by atoms with Gasteiger partial charge in [0.05, 0.1) is 21.3 Å². The minimum atomic E-state index is 0.0348. The summed E-state index contributed by atoms with van der Waals surface area (Å²) in [5.74, 6) is 3.27. The van der Waals surface area contributed by atoms with Gasteiger partial charge in [0.25, 0.3) is 0 Å². The molecule has 144 valence electrons. The molecule has 1 saturated carbocycles. The highest BCUT2D eigenvalue weighted by atomic mass is 16.5. The highest BCUT2D eigenvalue weighted by Crippen LogP contribution is 2.53. The summed E-state index contributed by atoms with van der Waals surface area (Å²) in [5, 5.41) is 0. The average Bonchev–Trinajstić information content (AvgIpc) is 3.55. The number of ether oxygens (including phenoxy) is 3. The highest BCUT2D eigenvalue weighted by molar-refractivity contribution is 5.51. The molecule has 1 atom stereocenters. The average molecular weight is 367 g/mol. The van der Waals surface area contributed by atoms with Crippen LogP contribution in [0.15, 0.2) is 36.4 Å². The van der Waals surface area contributed by atoms with Crippen LogP contribution in [0.25, 0.3) is 0 Å². The normalized spacial score (nSPS) is 22.2. The van der Waals surface area contributed by atoms with Gasteiger partial charge in [-0.25, -0.2) is 0 Å². The summed E-state index contributed by atoms with van der Waals surface area (Å²) < 4.78 is 16.5. The molecule has 2 aromatic rings. The van der Waals surface area contributed by atoms with Gasteiger partial charge < -0.3 is 14.2 Å². The van der Waals surface area contributed by atoms with Crippen LogP contribution in [-0.2, 0) is 18.5 Å². The van der Waals surface area contributed by atoms with Crippen LogP contribution in [-0.4, -0.2) is 32.8 Å². The molecule has 0 spiro atoms. The zero-order valence-corrected chi connectivity index (χ0v) is 16.7. The molecule has 0 N–H and O–H groups in total. The summed E-state index contributed by atoms with van der Waals surface area (Å²) >= 11 is 0. The van der Waals surface area contributed by atoms with Crippen molar-refractivity contribution < 1.29 is 14.2 Å². The lowest BCUT2D eigenvalue weighted by molar-refractivity contribution is 0.0598. The summed E-state index contributed by atoms with van der Waals surface area (Å²) in [7, 11) is 5.14. The van der Waals surface area contributed by atoms with E-state index in [0.717, 1.165) is 36.8 Å². The van der Waals surface area contributed by atoms with Crippen LogP contribution in [0, 0.1) is 5.92 Å². The maximum atomic E-state index is 5.62. The zero-order chi connectivity index (χ0) is 19.0. The smallest absolute Gasteiger partial charge is 0.161 e. The van der Waals surface area contributed by atoms with E-state index in [1.807, 2.05) is 0 Å². The molecule has 4 rings (SSSR count). The van der Waals surface area contributed by atoms with E-state index < -0.39 is 0 Å². The first-order valence-electron chi connectivity index (χ1n) is 9.73. The first-order valence-corrected chi connectivity index (χ1v) is 9.73. The molecule has 2 aliphatic rings. The van der Waals surface area contributed by atoms with Gasteiger partial charge >= 0.3 is 0 Å². The highest BCUT2D eigenvalue weighted by Gasteiger charge is 2.49.